The average molecular weight is 643 g/mol. The van der Waals surface area contributed by atoms with Crippen molar-refractivity contribution in [2.45, 2.75) is 39.2 Å². The molecular formula is C37H37FN9O+. The van der Waals surface area contributed by atoms with Crippen LogP contribution in [-0.2, 0) is 13.6 Å². The van der Waals surface area contributed by atoms with Gasteiger partial charge in [0.1, 0.15) is 18.1 Å². The number of halogens is 1. The van der Waals surface area contributed by atoms with Crippen LogP contribution in [0.3, 0.4) is 0 Å². The number of rotatable bonds is 12. The molecule has 3 heterocycles. The molecule has 11 heteroatoms. The molecule has 0 spiro atoms. The predicted octanol–water partition coefficient (Wildman–Crippen LogP) is 6.88. The maximum absolute atomic E-state index is 14.5. The summed E-state index contributed by atoms with van der Waals surface area (Å²) in [7, 11) is 1.87. The molecule has 2 atom stereocenters. The van der Waals surface area contributed by atoms with Crippen molar-refractivity contribution in [3.63, 3.8) is 0 Å². The van der Waals surface area contributed by atoms with E-state index in [1.807, 2.05) is 55.7 Å². The maximum atomic E-state index is 14.5. The van der Waals surface area contributed by atoms with E-state index < -0.39 is 5.82 Å². The van der Waals surface area contributed by atoms with Crippen LogP contribution in [0.1, 0.15) is 43.7 Å². The lowest BCUT2D eigenvalue weighted by Gasteiger charge is -2.09. The van der Waals surface area contributed by atoms with Gasteiger partial charge < -0.3 is 5.32 Å². The fourth-order valence-corrected chi connectivity index (χ4v) is 6.10. The van der Waals surface area contributed by atoms with Gasteiger partial charge in [-0.1, -0.05) is 55.8 Å². The Kier molecular flexibility index (Phi) is 9.91. The van der Waals surface area contributed by atoms with Gasteiger partial charge in [-0.05, 0) is 43.0 Å². The van der Waals surface area contributed by atoms with Crippen LogP contribution in [0.15, 0.2) is 91.5 Å². The summed E-state index contributed by atoms with van der Waals surface area (Å²) < 4.78 is 18.0. The highest BCUT2D eigenvalue weighted by molar-refractivity contribution is 6.03. The third-order valence-corrected chi connectivity index (χ3v) is 8.51. The number of benzene rings is 2. The van der Waals surface area contributed by atoms with Crippen molar-refractivity contribution in [1.82, 2.24) is 30.0 Å². The van der Waals surface area contributed by atoms with E-state index in [0.29, 0.717) is 24.9 Å². The summed E-state index contributed by atoms with van der Waals surface area (Å²) >= 11 is 0. The zero-order chi connectivity index (χ0) is 33.5. The van der Waals surface area contributed by atoms with Crippen LogP contribution in [0.5, 0.6) is 0 Å². The van der Waals surface area contributed by atoms with Gasteiger partial charge in [-0.25, -0.2) is 19.2 Å². The Labute approximate surface area is 279 Å². The fraction of sp³-hybridized carbons (Fsp3) is 0.270. The predicted molar refractivity (Wildman–Crippen MR) is 182 cm³/mol. The minimum atomic E-state index is -0.448. The molecule has 0 saturated heterocycles. The lowest BCUT2D eigenvalue weighted by atomic mass is 10.1. The van der Waals surface area contributed by atoms with E-state index in [-0.39, 0.29) is 34.7 Å². The molecule has 2 N–H and O–H groups in total. The molecule has 242 valence electrons. The number of nitrogens with zero attached hydrogens (tertiary/aromatic N) is 7. The minimum Gasteiger partial charge on any atom is -0.354 e. The topological polar surface area (TPSA) is 124 Å². The summed E-state index contributed by atoms with van der Waals surface area (Å²) in [4.78, 5) is 27.3. The number of nitrogens with one attached hydrogen (secondary N) is 2. The van der Waals surface area contributed by atoms with E-state index >= 15 is 0 Å². The van der Waals surface area contributed by atoms with Crippen molar-refractivity contribution in [3.05, 3.63) is 108 Å². The molecule has 2 amide bonds. The van der Waals surface area contributed by atoms with Crippen LogP contribution < -0.4 is 10.6 Å². The first-order valence-electron chi connectivity index (χ1n) is 16.2. The SMILES string of the molecule is CCCC1/C(=[N+](/C(=O)NCc2ccccc2)c2ccc(-c3cnn(C)c3)cn2)C1CCCNc1ncc(C#N)c(-c2ccccc2F)n1. The maximum Gasteiger partial charge on any atom is 0.441 e. The van der Waals surface area contributed by atoms with E-state index in [9.17, 15) is 14.4 Å². The summed E-state index contributed by atoms with van der Waals surface area (Å²) in [6.45, 7) is 3.14. The zero-order valence-corrected chi connectivity index (χ0v) is 27.0. The number of carbonyl (C=O) groups excluding carboxylic acids is 1. The molecule has 1 saturated carbocycles. The molecule has 0 radical (unpaired) electrons. The second-order valence-corrected chi connectivity index (χ2v) is 11.8. The van der Waals surface area contributed by atoms with Crippen molar-refractivity contribution in [3.8, 4) is 28.5 Å². The van der Waals surface area contributed by atoms with Crippen molar-refractivity contribution >= 4 is 23.5 Å². The van der Waals surface area contributed by atoms with E-state index in [4.69, 9.17) is 4.98 Å². The first-order chi connectivity index (χ1) is 23.5. The Bertz CT molecular complexity index is 1970. The van der Waals surface area contributed by atoms with E-state index in [0.717, 1.165) is 48.1 Å². The number of hydrogen-bond acceptors (Lipinski definition) is 7. The first kappa shape index (κ1) is 32.2. The standard InChI is InChI=1S/C37H36FN9O/c1-3-10-29-30(14-9-18-40-36-42-22-27(19-39)34(45-36)31-13-7-8-15-32(31)38)35(29)47(37(48)43-20-25-11-5-4-6-12-25)33-17-16-26(21-41-33)28-23-44-46(2)24-28/h4-8,11-13,15-17,21-24,29-30H,3,9-10,14,18,20H2,1-2H3,(H-,40,42,43,45,48)/p+1/b47-35-. The number of anilines is 1. The van der Waals surface area contributed by atoms with E-state index in [1.165, 1.54) is 12.3 Å². The van der Waals surface area contributed by atoms with E-state index in [2.05, 4.69) is 38.7 Å². The summed E-state index contributed by atoms with van der Waals surface area (Å²) in [6.07, 6.45) is 10.5. The number of amides is 2. The van der Waals surface area contributed by atoms with Gasteiger partial charge in [0.2, 0.25) is 5.95 Å². The number of pyridine rings is 1. The van der Waals surface area contributed by atoms with Crippen molar-refractivity contribution in [2.75, 3.05) is 11.9 Å². The monoisotopic (exact) mass is 642 g/mol. The van der Waals surface area contributed by atoms with Gasteiger partial charge in [0.25, 0.3) is 5.82 Å². The normalized spacial score (nSPS) is 16.2. The van der Waals surface area contributed by atoms with Crippen LogP contribution >= 0.6 is 0 Å². The van der Waals surface area contributed by atoms with Gasteiger partial charge >= 0.3 is 6.03 Å². The lowest BCUT2D eigenvalue weighted by Crippen LogP contribution is -2.32. The van der Waals surface area contributed by atoms with Gasteiger partial charge in [-0.2, -0.15) is 14.9 Å². The van der Waals surface area contributed by atoms with Crippen LogP contribution in [0.25, 0.3) is 22.4 Å². The number of aromatic nitrogens is 5. The molecule has 48 heavy (non-hydrogen) atoms. The lowest BCUT2D eigenvalue weighted by molar-refractivity contribution is -0.337. The van der Waals surface area contributed by atoms with Crippen LogP contribution in [0, 0.1) is 29.0 Å². The van der Waals surface area contributed by atoms with Crippen molar-refractivity contribution in [1.29, 1.82) is 5.26 Å². The largest absolute Gasteiger partial charge is 0.441 e. The molecule has 1 fully saturated rings. The molecule has 1 aliphatic rings. The number of urea groups is 1. The number of nitriles is 1. The molecule has 6 rings (SSSR count). The van der Waals surface area contributed by atoms with Crippen LogP contribution in [0.4, 0.5) is 21.0 Å². The van der Waals surface area contributed by atoms with Gasteiger partial charge in [0, 0.05) is 54.4 Å². The fourth-order valence-electron chi connectivity index (χ4n) is 6.10. The smallest absolute Gasteiger partial charge is 0.354 e. The molecule has 3 aromatic heterocycles. The van der Waals surface area contributed by atoms with Crippen LogP contribution in [0.2, 0.25) is 0 Å². The van der Waals surface area contributed by atoms with Crippen LogP contribution in [-0.4, -0.2) is 47.6 Å². The molecule has 10 nitrogen and oxygen atoms in total. The number of aryl methyl sites for hydroxylation is 1. The molecule has 2 aromatic carbocycles. The Morgan fingerprint density at radius 1 is 0.979 bits per heavy atom. The summed E-state index contributed by atoms with van der Waals surface area (Å²) in [5, 5.41) is 20.2. The average Bonchev–Trinajstić information content (AvgIpc) is 3.57. The molecule has 1 aliphatic carbocycles. The highest BCUT2D eigenvalue weighted by Crippen LogP contribution is 2.43. The van der Waals surface area contributed by atoms with E-state index in [1.54, 1.807) is 39.9 Å². The molecule has 2 unspecified atom stereocenters. The van der Waals surface area contributed by atoms with Gasteiger partial charge in [0.15, 0.2) is 0 Å². The summed E-state index contributed by atoms with van der Waals surface area (Å²) in [5.74, 6) is 0.936. The highest BCUT2D eigenvalue weighted by Gasteiger charge is 2.50. The molecule has 0 aliphatic heterocycles. The van der Waals surface area contributed by atoms with Crippen molar-refractivity contribution < 1.29 is 13.8 Å². The minimum absolute atomic E-state index is 0.205. The van der Waals surface area contributed by atoms with Crippen molar-refractivity contribution in [2.24, 2.45) is 18.9 Å². The Morgan fingerprint density at radius 2 is 1.77 bits per heavy atom. The van der Waals surface area contributed by atoms with Gasteiger partial charge in [0.05, 0.1) is 35.9 Å². The zero-order valence-electron chi connectivity index (χ0n) is 27.0. The molecule has 5 aromatic rings. The summed E-state index contributed by atoms with van der Waals surface area (Å²) in [5.41, 5.74) is 4.69. The number of hydrogen-bond donors (Lipinski definition) is 2. The second-order valence-electron chi connectivity index (χ2n) is 11.8. The molecule has 0 bridgehead atoms. The third kappa shape index (κ3) is 7.28. The Hall–Kier alpha value is -5.76. The summed E-state index contributed by atoms with van der Waals surface area (Å²) in [6, 6.07) is 21.8. The highest BCUT2D eigenvalue weighted by atomic mass is 19.1. The quantitative estimate of drug-likeness (QED) is 0.112. The Morgan fingerprint density at radius 3 is 2.48 bits per heavy atom. The molecular weight excluding hydrogens is 605 g/mol. The van der Waals surface area contributed by atoms with Gasteiger partial charge in [-0.3, -0.25) is 10.00 Å². The Balaban J connectivity index is 1.20. The third-order valence-electron chi connectivity index (χ3n) is 8.51. The second kappa shape index (κ2) is 14.8. The first-order valence-corrected chi connectivity index (χ1v) is 16.2. The van der Waals surface area contributed by atoms with Gasteiger partial charge in [-0.15, -0.1) is 4.98 Å². The number of carbonyl (C=O) groups is 1.